The monoisotopic (exact) mass is 460 g/mol. The maximum atomic E-state index is 13.1. The summed E-state index contributed by atoms with van der Waals surface area (Å²) in [6, 6.07) is 23.7. The Bertz CT molecular complexity index is 1360. The topological polar surface area (TPSA) is 107 Å². The third-order valence-corrected chi connectivity index (χ3v) is 6.25. The molecule has 1 amide bonds. The lowest BCUT2D eigenvalue weighted by Gasteiger charge is -2.07. The number of aryl methyl sites for hydroxylation is 1. The second-order valence-corrected chi connectivity index (χ2v) is 9.16. The highest BCUT2D eigenvalue weighted by Gasteiger charge is 2.19. The van der Waals surface area contributed by atoms with Crippen LogP contribution >= 0.6 is 0 Å². The molecule has 0 unspecified atom stereocenters. The largest absolute Gasteiger partial charge is 0.348 e. The molecule has 0 spiro atoms. The second-order valence-electron chi connectivity index (χ2n) is 7.59. The molecule has 0 saturated heterocycles. The number of nitrogens with zero attached hydrogens (tertiary/aromatic N) is 2. The van der Waals surface area contributed by atoms with E-state index in [1.807, 2.05) is 54.6 Å². The molecular weight excluding hydrogens is 436 g/mol. The molecule has 0 fully saturated rings. The number of benzene rings is 3. The molecule has 3 aromatic carbocycles. The smallest absolute Gasteiger partial charge is 0.255 e. The van der Waals surface area contributed by atoms with Crippen LogP contribution in [0.3, 0.4) is 0 Å². The molecule has 4 rings (SSSR count). The van der Waals surface area contributed by atoms with Crippen molar-refractivity contribution >= 4 is 15.9 Å². The van der Waals surface area contributed by atoms with Gasteiger partial charge >= 0.3 is 0 Å². The van der Waals surface area contributed by atoms with E-state index in [0.717, 1.165) is 23.2 Å². The molecular formula is C25H24N4O3S. The summed E-state index contributed by atoms with van der Waals surface area (Å²) >= 11 is 0. The first kappa shape index (κ1) is 22.4. The fourth-order valence-electron chi connectivity index (χ4n) is 3.44. The molecule has 33 heavy (non-hydrogen) atoms. The van der Waals surface area contributed by atoms with Gasteiger partial charge in [-0.05, 0) is 41.8 Å². The molecule has 0 aliphatic heterocycles. The van der Waals surface area contributed by atoms with E-state index in [0.29, 0.717) is 11.3 Å². The van der Waals surface area contributed by atoms with Gasteiger partial charge in [0, 0.05) is 18.3 Å². The van der Waals surface area contributed by atoms with E-state index in [9.17, 15) is 13.2 Å². The zero-order valence-electron chi connectivity index (χ0n) is 18.1. The van der Waals surface area contributed by atoms with E-state index in [-0.39, 0.29) is 17.3 Å². The van der Waals surface area contributed by atoms with Crippen LogP contribution in [0.2, 0.25) is 0 Å². The zero-order chi connectivity index (χ0) is 23.4. The lowest BCUT2D eigenvalue weighted by atomic mass is 10.0. The van der Waals surface area contributed by atoms with Gasteiger partial charge in [0.15, 0.2) is 0 Å². The van der Waals surface area contributed by atoms with Crippen molar-refractivity contribution in [2.45, 2.75) is 24.8 Å². The number of hydrogen-bond acceptors (Lipinski definition) is 4. The first-order chi connectivity index (χ1) is 15.8. The van der Waals surface area contributed by atoms with Crippen molar-refractivity contribution < 1.29 is 13.2 Å². The van der Waals surface area contributed by atoms with E-state index in [1.54, 1.807) is 23.0 Å². The van der Waals surface area contributed by atoms with E-state index in [2.05, 4.69) is 12.2 Å². The fraction of sp³-hybridized carbons (Fsp3) is 0.120. The van der Waals surface area contributed by atoms with Crippen LogP contribution in [-0.4, -0.2) is 24.1 Å². The van der Waals surface area contributed by atoms with Crippen LogP contribution in [-0.2, 0) is 23.0 Å². The van der Waals surface area contributed by atoms with Crippen molar-refractivity contribution in [2.24, 2.45) is 5.14 Å². The van der Waals surface area contributed by atoms with E-state index in [4.69, 9.17) is 10.2 Å². The van der Waals surface area contributed by atoms with Gasteiger partial charge in [-0.25, -0.2) is 18.2 Å². The minimum absolute atomic E-state index is 0.0273. The highest BCUT2D eigenvalue weighted by Crippen LogP contribution is 2.24. The summed E-state index contributed by atoms with van der Waals surface area (Å²) in [5, 5.41) is 12.7. The molecule has 0 radical (unpaired) electrons. The zero-order valence-corrected chi connectivity index (χ0v) is 18.9. The molecule has 1 heterocycles. The number of nitrogens with two attached hydrogens (primary N) is 1. The van der Waals surface area contributed by atoms with Gasteiger partial charge < -0.3 is 5.32 Å². The highest BCUT2D eigenvalue weighted by molar-refractivity contribution is 7.89. The van der Waals surface area contributed by atoms with Crippen molar-refractivity contribution in [3.8, 4) is 16.9 Å². The van der Waals surface area contributed by atoms with Gasteiger partial charge in [-0.15, -0.1) is 0 Å². The maximum absolute atomic E-state index is 13.1. The van der Waals surface area contributed by atoms with Gasteiger partial charge in [0.1, 0.15) is 5.69 Å². The Labute approximate surface area is 192 Å². The Balaban J connectivity index is 1.62. The number of hydrogen-bond donors (Lipinski definition) is 2. The molecule has 1 aromatic heterocycles. The number of rotatable bonds is 7. The minimum atomic E-state index is -3.76. The van der Waals surface area contributed by atoms with Crippen LogP contribution in [0, 0.1) is 0 Å². The number of amides is 1. The summed E-state index contributed by atoms with van der Waals surface area (Å²) in [4.78, 5) is 13.2. The summed E-state index contributed by atoms with van der Waals surface area (Å²) < 4.78 is 24.5. The van der Waals surface area contributed by atoms with Crippen LogP contribution in [0.5, 0.6) is 0 Å². The van der Waals surface area contributed by atoms with Gasteiger partial charge in [0.2, 0.25) is 10.0 Å². The standard InChI is InChI=1S/C25H24N4O3S/c1-2-18-8-12-20(13-9-18)24-23(17-29(28-24)21-6-4-3-5-7-21)25(30)27-16-19-10-14-22(15-11-19)33(26,31)32/h3-15,17H,2,16H2,1H3,(H,27,30)(H2,26,31,32). The Morgan fingerprint density at radius 3 is 2.18 bits per heavy atom. The van der Waals surface area contributed by atoms with Gasteiger partial charge in [-0.2, -0.15) is 5.10 Å². The Morgan fingerprint density at radius 1 is 0.939 bits per heavy atom. The van der Waals surface area contributed by atoms with Gasteiger partial charge in [0.25, 0.3) is 5.91 Å². The second kappa shape index (κ2) is 9.40. The third kappa shape index (κ3) is 5.19. The highest BCUT2D eigenvalue weighted by atomic mass is 32.2. The minimum Gasteiger partial charge on any atom is -0.348 e. The Kier molecular flexibility index (Phi) is 6.39. The number of nitrogens with one attached hydrogen (secondary N) is 1. The van der Waals surface area contributed by atoms with Crippen LogP contribution in [0.1, 0.15) is 28.4 Å². The van der Waals surface area contributed by atoms with Crippen LogP contribution in [0.25, 0.3) is 16.9 Å². The number of sulfonamides is 1. The van der Waals surface area contributed by atoms with Crippen LogP contribution in [0.15, 0.2) is 90.0 Å². The van der Waals surface area contributed by atoms with Crippen LogP contribution in [0.4, 0.5) is 0 Å². The quantitative estimate of drug-likeness (QED) is 0.439. The summed E-state index contributed by atoms with van der Waals surface area (Å²) in [5.74, 6) is -0.276. The molecule has 4 aromatic rings. The first-order valence-electron chi connectivity index (χ1n) is 10.5. The summed E-state index contributed by atoms with van der Waals surface area (Å²) in [5.41, 5.74) is 4.69. The van der Waals surface area contributed by atoms with Crippen molar-refractivity contribution in [3.63, 3.8) is 0 Å². The fourth-order valence-corrected chi connectivity index (χ4v) is 3.95. The molecule has 8 heteroatoms. The van der Waals surface area contributed by atoms with Crippen molar-refractivity contribution in [3.05, 3.63) is 102 Å². The summed E-state index contributed by atoms with van der Waals surface area (Å²) in [6.07, 6.45) is 2.65. The van der Waals surface area contributed by atoms with Gasteiger partial charge in [-0.3, -0.25) is 4.79 Å². The molecule has 0 atom stereocenters. The lowest BCUT2D eigenvalue weighted by Crippen LogP contribution is -2.23. The number of primary sulfonamides is 1. The van der Waals surface area contributed by atoms with E-state index in [1.165, 1.54) is 17.7 Å². The molecule has 0 bridgehead atoms. The summed E-state index contributed by atoms with van der Waals surface area (Å²) in [6.45, 7) is 2.32. The lowest BCUT2D eigenvalue weighted by molar-refractivity contribution is 0.0951. The molecule has 0 saturated carbocycles. The number of carbonyl (C=O) groups excluding carboxylic acids is 1. The van der Waals surface area contributed by atoms with Crippen molar-refractivity contribution in [2.75, 3.05) is 0 Å². The number of para-hydroxylation sites is 1. The molecule has 0 aliphatic carbocycles. The van der Waals surface area contributed by atoms with E-state index < -0.39 is 10.0 Å². The normalized spacial score (nSPS) is 11.3. The Morgan fingerprint density at radius 2 is 1.58 bits per heavy atom. The molecule has 168 valence electrons. The predicted molar refractivity (Wildman–Crippen MR) is 127 cm³/mol. The Hall–Kier alpha value is -3.75. The predicted octanol–water partition coefficient (Wildman–Crippen LogP) is 3.68. The maximum Gasteiger partial charge on any atom is 0.255 e. The van der Waals surface area contributed by atoms with Gasteiger partial charge in [0.05, 0.1) is 16.1 Å². The molecule has 0 aliphatic rings. The number of aromatic nitrogens is 2. The first-order valence-corrected chi connectivity index (χ1v) is 12.0. The van der Waals surface area contributed by atoms with Gasteiger partial charge in [-0.1, -0.05) is 61.5 Å². The van der Waals surface area contributed by atoms with Crippen molar-refractivity contribution in [1.29, 1.82) is 0 Å². The third-order valence-electron chi connectivity index (χ3n) is 5.32. The molecule has 3 N–H and O–H groups in total. The SMILES string of the molecule is CCc1ccc(-c2nn(-c3ccccc3)cc2C(=O)NCc2ccc(S(N)(=O)=O)cc2)cc1. The molecule has 7 nitrogen and oxygen atoms in total. The summed E-state index contributed by atoms with van der Waals surface area (Å²) in [7, 11) is -3.76. The van der Waals surface area contributed by atoms with E-state index >= 15 is 0 Å². The average molecular weight is 461 g/mol. The average Bonchev–Trinajstić information content (AvgIpc) is 3.28. The number of carbonyl (C=O) groups is 1. The van der Waals surface area contributed by atoms with Crippen molar-refractivity contribution in [1.82, 2.24) is 15.1 Å². The van der Waals surface area contributed by atoms with Crippen LogP contribution < -0.4 is 10.5 Å².